The van der Waals surface area contributed by atoms with E-state index in [1.165, 1.54) is 10.9 Å². The van der Waals surface area contributed by atoms with Gasteiger partial charge in [-0.05, 0) is 6.42 Å². The zero-order valence-corrected chi connectivity index (χ0v) is 32.3. The third-order valence-electron chi connectivity index (χ3n) is 9.27. The van der Waals surface area contributed by atoms with E-state index in [1.807, 2.05) is 0 Å². The normalized spacial score (nSPS) is 32.7. The van der Waals surface area contributed by atoms with Gasteiger partial charge >= 0.3 is 20.4 Å². The lowest BCUT2D eigenvalue weighted by Crippen LogP contribution is -2.36. The first-order valence-electron chi connectivity index (χ1n) is 17.6. The fourth-order valence-corrected chi connectivity index (χ4v) is 10.0. The van der Waals surface area contributed by atoms with Crippen molar-refractivity contribution in [2.45, 2.75) is 94.7 Å². The van der Waals surface area contributed by atoms with Crippen molar-refractivity contribution in [2.24, 2.45) is 0 Å². The molecule has 0 aliphatic carbocycles. The van der Waals surface area contributed by atoms with E-state index >= 15 is 8.78 Å². The molecular weight excluding hydrogens is 810 g/mol. The second-order valence-corrected chi connectivity index (χ2v) is 18.9. The molecule has 10 atom stereocenters. The fourth-order valence-electron chi connectivity index (χ4n) is 6.44. The third kappa shape index (κ3) is 8.69. The monoisotopic (exact) mass is 849 g/mol. The second kappa shape index (κ2) is 17.2. The molecule has 4 N–H and O–H groups in total. The van der Waals surface area contributed by atoms with Crippen LogP contribution >= 0.6 is 25.8 Å². The van der Waals surface area contributed by atoms with Gasteiger partial charge in [-0.3, -0.25) is 32.3 Å². The van der Waals surface area contributed by atoms with E-state index in [4.69, 9.17) is 38.3 Å². The average molecular weight is 850 g/mol. The number of aromatic nitrogens is 8. The van der Waals surface area contributed by atoms with Gasteiger partial charge in [-0.25, -0.2) is 38.3 Å². The number of fused-ring (bicyclic) bond motifs is 5. The van der Waals surface area contributed by atoms with E-state index in [-0.39, 0.29) is 34.6 Å². The number of anilines is 1. The largest absolute Gasteiger partial charge is 0.454 e. The van der Waals surface area contributed by atoms with Gasteiger partial charge in [-0.1, -0.05) is 32.6 Å². The molecule has 7 heterocycles. The molecule has 4 aromatic heterocycles. The Labute approximate surface area is 320 Å². The van der Waals surface area contributed by atoms with Gasteiger partial charge in [0.15, 0.2) is 47.4 Å². The van der Waals surface area contributed by atoms with Gasteiger partial charge in [0.05, 0.1) is 32.2 Å². The number of esters is 1. The topological polar surface area (TPSA) is 269 Å². The number of rotatable bonds is 11. The summed E-state index contributed by atoms with van der Waals surface area (Å²) in [4.78, 5) is 58.3. The zero-order valence-electron chi connectivity index (χ0n) is 29.7. The number of nitrogen functional groups attached to an aromatic ring is 1. The maximum Gasteiger partial charge on any atom is 0.393 e. The summed E-state index contributed by atoms with van der Waals surface area (Å²) in [7, 11) is -4.73. The lowest BCUT2D eigenvalue weighted by Gasteiger charge is -2.27. The van der Waals surface area contributed by atoms with E-state index in [9.17, 15) is 23.6 Å². The number of alkyl halides is 2. The van der Waals surface area contributed by atoms with Crippen molar-refractivity contribution < 1.29 is 60.1 Å². The Balaban J connectivity index is 1.18. The molecule has 7 rings (SSSR count). The van der Waals surface area contributed by atoms with Crippen molar-refractivity contribution in [1.82, 2.24) is 39.0 Å². The van der Waals surface area contributed by atoms with Crippen LogP contribution in [-0.4, -0.2) is 112 Å². The van der Waals surface area contributed by atoms with Gasteiger partial charge in [0, 0.05) is 17.8 Å². The first-order valence-corrected chi connectivity index (χ1v) is 22.5. The van der Waals surface area contributed by atoms with Crippen LogP contribution < -0.4 is 11.3 Å². The third-order valence-corrected chi connectivity index (χ3v) is 13.6. The summed E-state index contributed by atoms with van der Waals surface area (Å²) < 4.78 is 103. The summed E-state index contributed by atoms with van der Waals surface area (Å²) in [5, 5.41) is 0. The Morgan fingerprint density at radius 1 is 0.964 bits per heavy atom. The van der Waals surface area contributed by atoms with Crippen LogP contribution in [0.5, 0.6) is 0 Å². The molecule has 0 radical (unpaired) electrons. The molecule has 3 saturated heterocycles. The second-order valence-electron chi connectivity index (χ2n) is 13.1. The zero-order chi connectivity index (χ0) is 39.6. The van der Waals surface area contributed by atoms with Gasteiger partial charge < -0.3 is 39.1 Å². The summed E-state index contributed by atoms with van der Waals surface area (Å²) in [6.45, 7) is -4.19. The van der Waals surface area contributed by atoms with Crippen LogP contribution in [0, 0.1) is 0 Å². The van der Waals surface area contributed by atoms with E-state index in [1.54, 1.807) is 0 Å². The molecule has 3 aliphatic rings. The Morgan fingerprint density at radius 2 is 1.68 bits per heavy atom. The summed E-state index contributed by atoms with van der Waals surface area (Å²) >= 11 is 0.416. The van der Waals surface area contributed by atoms with Gasteiger partial charge in [0.2, 0.25) is 0 Å². The molecule has 2 bridgehead atoms. The van der Waals surface area contributed by atoms with E-state index in [0.717, 1.165) is 49.2 Å². The number of ether oxygens (including phenoxy) is 4. The molecule has 21 nitrogen and oxygen atoms in total. The van der Waals surface area contributed by atoms with Crippen LogP contribution in [0.2, 0.25) is 0 Å². The van der Waals surface area contributed by atoms with Crippen molar-refractivity contribution in [3.63, 3.8) is 0 Å². The average Bonchev–Trinajstić information content (AvgIpc) is 3.93. The summed E-state index contributed by atoms with van der Waals surface area (Å²) in [5.41, 5.74) is 5.34. The van der Waals surface area contributed by atoms with E-state index < -0.39 is 101 Å². The summed E-state index contributed by atoms with van der Waals surface area (Å²) in [5.74, 6) is -1.11. The molecule has 306 valence electrons. The number of halogens is 2. The summed E-state index contributed by atoms with van der Waals surface area (Å²) in [6.07, 6.45) is -5.86. The minimum atomic E-state index is -4.73. The first-order chi connectivity index (χ1) is 26.9. The number of nitrogens with zero attached hydrogens (tertiary/aromatic N) is 7. The molecule has 0 amide bonds. The number of unbranched alkanes of at least 4 members (excludes halogenated alkanes) is 4. The number of imidazole rings is 2. The standard InChI is InChI=1S/C30H39F2N9O12P2S/c1-2-3-4-5-6-7-18(42)48-15-56-55(46)50-9-17-23(20(32)29(52-17)40-12-38-21-25(33)34-10-35-26(21)40)47-14-54(44,45)49-8-16-19(31)24(53-55)30(51-16)41-13-39-22-27(41)36-11-37-28(22)43/h10-13,16-17,19-20,23-24,29-30H,2-9,14-15H2,1H3,(H,44,45)(H2,33,34,35)(H,36,37,43)/t16-,17-,19-,20-,23-,24-,29-,30-,55?/m1/s1. The SMILES string of the molecule is CCCCCCCC(=O)OCSP1(=O)OC[C@H]2O[C@@H](n3cnc4c(N)ncnc43)[C@H](F)[C@@H]2OCP(=O)(O)OC[C@H]2O[C@@H](n3cnc4c(=O)[nH]cnc43)[C@H](O1)[C@@H]2F. The molecule has 3 fully saturated rings. The number of carbonyl (C=O) groups is 1. The molecule has 0 aromatic carbocycles. The van der Waals surface area contributed by atoms with Crippen LogP contribution in [0.1, 0.15) is 57.9 Å². The van der Waals surface area contributed by atoms with Crippen molar-refractivity contribution in [3.8, 4) is 0 Å². The lowest BCUT2D eigenvalue weighted by molar-refractivity contribution is -0.141. The molecule has 3 aliphatic heterocycles. The molecule has 4 aromatic rings. The Bertz CT molecular complexity index is 2180. The number of aromatic amines is 1. The number of hydrogen-bond acceptors (Lipinski definition) is 18. The molecular formula is C30H39F2N9O12P2S. The maximum atomic E-state index is 16.4. The molecule has 0 spiro atoms. The highest BCUT2D eigenvalue weighted by Gasteiger charge is 2.54. The van der Waals surface area contributed by atoms with E-state index in [2.05, 4.69) is 36.8 Å². The molecule has 2 unspecified atom stereocenters. The van der Waals surface area contributed by atoms with Crippen molar-refractivity contribution >= 4 is 59.9 Å². The van der Waals surface area contributed by atoms with Gasteiger partial charge in [-0.15, -0.1) is 0 Å². The number of H-pyrrole nitrogens is 1. The van der Waals surface area contributed by atoms with Gasteiger partial charge in [-0.2, -0.15) is 0 Å². The fraction of sp³-hybridized carbons (Fsp3) is 0.633. The van der Waals surface area contributed by atoms with Crippen LogP contribution in [0.3, 0.4) is 0 Å². The molecule has 56 heavy (non-hydrogen) atoms. The van der Waals surface area contributed by atoms with Crippen molar-refractivity contribution in [1.29, 1.82) is 0 Å². The maximum absolute atomic E-state index is 16.4. The number of nitrogens with one attached hydrogen (secondary N) is 1. The quantitative estimate of drug-likeness (QED) is 0.0840. The molecule has 26 heteroatoms. The Kier molecular flexibility index (Phi) is 12.5. The Hall–Kier alpha value is -3.44. The number of hydrogen-bond donors (Lipinski definition) is 3. The number of nitrogens with two attached hydrogens (primary N) is 1. The highest BCUT2D eigenvalue weighted by molar-refractivity contribution is 8.55. The minimum Gasteiger partial charge on any atom is -0.454 e. The highest BCUT2D eigenvalue weighted by Crippen LogP contribution is 2.64. The predicted octanol–water partition coefficient (Wildman–Crippen LogP) is 3.68. The highest BCUT2D eigenvalue weighted by atomic mass is 32.7. The van der Waals surface area contributed by atoms with Crippen LogP contribution in [0.25, 0.3) is 22.3 Å². The van der Waals surface area contributed by atoms with Crippen LogP contribution in [-0.2, 0) is 46.4 Å². The smallest absolute Gasteiger partial charge is 0.393 e. The van der Waals surface area contributed by atoms with Crippen molar-refractivity contribution in [2.75, 3.05) is 31.2 Å². The predicted molar refractivity (Wildman–Crippen MR) is 191 cm³/mol. The minimum absolute atomic E-state index is 0.0139. The van der Waals surface area contributed by atoms with E-state index in [0.29, 0.717) is 17.8 Å². The van der Waals surface area contributed by atoms with Crippen LogP contribution in [0.4, 0.5) is 14.6 Å². The van der Waals surface area contributed by atoms with Gasteiger partial charge in [0.1, 0.15) is 48.5 Å². The Morgan fingerprint density at radius 3 is 2.48 bits per heavy atom. The summed E-state index contributed by atoms with van der Waals surface area (Å²) in [6, 6.07) is 0. The first kappa shape index (κ1) is 40.7. The van der Waals surface area contributed by atoms with Crippen LogP contribution in [0.15, 0.2) is 30.1 Å². The molecule has 0 saturated carbocycles. The van der Waals surface area contributed by atoms with Gasteiger partial charge in [0.25, 0.3) is 5.56 Å². The lowest BCUT2D eigenvalue weighted by atomic mass is 10.1. The van der Waals surface area contributed by atoms with Crippen molar-refractivity contribution in [3.05, 3.63) is 35.7 Å². The number of carbonyl (C=O) groups excluding carboxylic acids is 1.